The van der Waals surface area contributed by atoms with Gasteiger partial charge in [0.2, 0.25) is 5.95 Å². The van der Waals surface area contributed by atoms with E-state index in [-0.39, 0.29) is 37.2 Å². The van der Waals surface area contributed by atoms with Crippen LogP contribution in [-0.2, 0) is 6.54 Å². The maximum Gasteiger partial charge on any atom is 0.204 e. The van der Waals surface area contributed by atoms with Crippen LogP contribution in [0.1, 0.15) is 44.1 Å². The van der Waals surface area contributed by atoms with Crippen molar-refractivity contribution < 1.29 is 0 Å². The van der Waals surface area contributed by atoms with Crippen molar-refractivity contribution in [2.24, 2.45) is 5.73 Å². The van der Waals surface area contributed by atoms with Gasteiger partial charge in [0.1, 0.15) is 17.8 Å². The summed E-state index contributed by atoms with van der Waals surface area (Å²) in [5.74, 6) is 2.36. The van der Waals surface area contributed by atoms with Crippen molar-refractivity contribution in [2.45, 2.75) is 63.2 Å². The molecule has 1 aliphatic carbocycles. The van der Waals surface area contributed by atoms with E-state index in [9.17, 15) is 0 Å². The second kappa shape index (κ2) is 13.3. The molecule has 8 nitrogen and oxygen atoms in total. The number of imidazole rings is 1. The number of hydrogen-bond donors (Lipinski definition) is 4. The molecule has 0 aromatic heterocycles. The quantitative estimate of drug-likeness (QED) is 0.376. The van der Waals surface area contributed by atoms with Gasteiger partial charge < -0.3 is 21.4 Å². The molecule has 4 aliphatic rings. The maximum absolute atomic E-state index is 6.05. The highest BCUT2D eigenvalue weighted by Crippen LogP contribution is 2.28. The Labute approximate surface area is 219 Å². The number of benzene rings is 1. The van der Waals surface area contributed by atoms with E-state index in [4.69, 9.17) is 5.73 Å². The van der Waals surface area contributed by atoms with E-state index in [2.05, 4.69) is 65.8 Å². The van der Waals surface area contributed by atoms with E-state index >= 15 is 0 Å². The summed E-state index contributed by atoms with van der Waals surface area (Å²) in [4.78, 5) is 19.4. The van der Waals surface area contributed by atoms with Crippen molar-refractivity contribution in [1.82, 2.24) is 24.8 Å². The number of nitrogens with one attached hydrogen (secondary N) is 3. The highest BCUT2D eigenvalue weighted by atomic mass is 35.5. The van der Waals surface area contributed by atoms with Crippen LogP contribution in [0.2, 0.25) is 0 Å². The summed E-state index contributed by atoms with van der Waals surface area (Å²) >= 11 is 0. The van der Waals surface area contributed by atoms with E-state index in [1.54, 1.807) is 6.33 Å². The highest BCUT2D eigenvalue weighted by Gasteiger charge is 2.24. The highest BCUT2D eigenvalue weighted by molar-refractivity contribution is 5.86. The maximum atomic E-state index is 6.05. The molecule has 0 bridgehead atoms. The fraction of sp³-hybridized carbons (Fsp3) is 0.522. The lowest BCUT2D eigenvalue weighted by Crippen LogP contribution is -2.39. The monoisotopic (exact) mass is 528 g/mol. The second-order valence-electron chi connectivity index (χ2n) is 8.94. The summed E-state index contributed by atoms with van der Waals surface area (Å²) < 4.78 is 0. The summed E-state index contributed by atoms with van der Waals surface area (Å²) in [6.07, 6.45) is 8.05. The van der Waals surface area contributed by atoms with Gasteiger partial charge in [-0.2, -0.15) is 4.98 Å². The summed E-state index contributed by atoms with van der Waals surface area (Å²) in [6, 6.07) is 11.9. The first-order valence-corrected chi connectivity index (χ1v) is 11.5. The zero-order valence-corrected chi connectivity index (χ0v) is 21.6. The molecule has 3 aliphatic heterocycles. The van der Waals surface area contributed by atoms with Gasteiger partial charge in [0.15, 0.2) is 5.82 Å². The molecule has 0 radical (unpaired) electrons. The molecule has 3 heterocycles. The molecule has 5 N–H and O–H groups in total. The SMILES string of the molecule is Cl.Cl.Cl.N[C@H]1CC[C@H](Nc2nc3ncnc-3c(NC3CCN(Cc4ccccc4)CC3)[nH]2)CC1. The van der Waals surface area contributed by atoms with Gasteiger partial charge in [-0.3, -0.25) is 4.90 Å². The standard InChI is InChI=1S/C23H32N8.3ClH/c24-17-6-8-18(9-7-17)28-23-29-21-20(25-15-26-21)22(30-23)27-19-10-12-31(13-11-19)14-16-4-2-1-3-5-16;;;/h1-5,15,17-19H,6-14,24H2,(H3,25,26,27,28,29,30);3*1H/t17-,18-;;;. The number of nitrogens with zero attached hydrogens (tertiary/aromatic N) is 4. The van der Waals surface area contributed by atoms with Gasteiger partial charge in [0.05, 0.1) is 0 Å². The molecule has 34 heavy (non-hydrogen) atoms. The van der Waals surface area contributed by atoms with Crippen LogP contribution in [0.3, 0.4) is 0 Å². The Bertz CT molecular complexity index is 940. The van der Waals surface area contributed by atoms with Crippen molar-refractivity contribution in [2.75, 3.05) is 23.7 Å². The van der Waals surface area contributed by atoms with E-state index in [1.165, 1.54) is 5.56 Å². The van der Waals surface area contributed by atoms with Gasteiger partial charge in [-0.05, 0) is 44.1 Å². The van der Waals surface area contributed by atoms with Gasteiger partial charge in [0.25, 0.3) is 0 Å². The third-order valence-corrected chi connectivity index (χ3v) is 6.57. The molecule has 0 spiro atoms. The molecule has 1 aromatic carbocycles. The lowest BCUT2D eigenvalue weighted by atomic mass is 9.92. The first kappa shape index (κ1) is 28.4. The van der Waals surface area contributed by atoms with Crippen molar-refractivity contribution >= 4 is 49.0 Å². The Morgan fingerprint density at radius 3 is 2.26 bits per heavy atom. The van der Waals surface area contributed by atoms with E-state index < -0.39 is 0 Å². The van der Waals surface area contributed by atoms with Gasteiger partial charge in [-0.15, -0.1) is 37.2 Å². The van der Waals surface area contributed by atoms with Crippen LogP contribution in [0.5, 0.6) is 0 Å². The lowest BCUT2D eigenvalue weighted by molar-refractivity contribution is 0.211. The number of aromatic nitrogens is 4. The zero-order chi connectivity index (χ0) is 21.0. The van der Waals surface area contributed by atoms with Gasteiger partial charge in [0, 0.05) is 37.8 Å². The second-order valence-corrected chi connectivity index (χ2v) is 8.94. The normalized spacial score (nSPS) is 21.1. The Kier molecular flexibility index (Phi) is 11.1. The average molecular weight is 530 g/mol. The molecule has 188 valence electrons. The largest absolute Gasteiger partial charge is 0.367 e. The number of fused-ring (bicyclic) bond motifs is 1. The van der Waals surface area contributed by atoms with Crippen molar-refractivity contribution in [3.63, 3.8) is 0 Å². The minimum atomic E-state index is 0. The van der Waals surface area contributed by atoms with E-state index in [0.717, 1.165) is 75.6 Å². The van der Waals surface area contributed by atoms with Crippen LogP contribution in [0.4, 0.5) is 11.8 Å². The first-order valence-electron chi connectivity index (χ1n) is 11.5. The predicted octanol–water partition coefficient (Wildman–Crippen LogP) is 4.33. The summed E-state index contributed by atoms with van der Waals surface area (Å²) in [7, 11) is 0. The van der Waals surface area contributed by atoms with Gasteiger partial charge >= 0.3 is 0 Å². The number of nitrogens with two attached hydrogens (primary N) is 1. The van der Waals surface area contributed by atoms with Crippen LogP contribution in [0.15, 0.2) is 36.7 Å². The number of rotatable bonds is 6. The molecular weight excluding hydrogens is 495 g/mol. The van der Waals surface area contributed by atoms with Gasteiger partial charge in [-0.1, -0.05) is 30.3 Å². The molecule has 0 atom stereocenters. The number of aromatic amines is 1. The van der Waals surface area contributed by atoms with Crippen molar-refractivity contribution in [3.8, 4) is 11.5 Å². The molecule has 11 heteroatoms. The minimum Gasteiger partial charge on any atom is -0.367 e. The minimum absolute atomic E-state index is 0. The molecule has 1 aromatic rings. The average Bonchev–Trinajstić information content (AvgIpc) is 3.26. The molecule has 1 saturated carbocycles. The van der Waals surface area contributed by atoms with E-state index in [1.807, 2.05) is 0 Å². The number of H-pyrrole nitrogens is 1. The molecule has 2 fully saturated rings. The van der Waals surface area contributed by atoms with Crippen molar-refractivity contribution in [3.05, 3.63) is 42.2 Å². The fourth-order valence-corrected chi connectivity index (χ4v) is 4.74. The fourth-order valence-electron chi connectivity index (χ4n) is 4.74. The number of anilines is 2. The topological polar surface area (TPSA) is 108 Å². The van der Waals surface area contributed by atoms with Gasteiger partial charge in [-0.25, -0.2) is 9.97 Å². The smallest absolute Gasteiger partial charge is 0.204 e. The van der Waals surface area contributed by atoms with E-state index in [0.29, 0.717) is 23.9 Å². The Morgan fingerprint density at radius 1 is 0.882 bits per heavy atom. The Morgan fingerprint density at radius 2 is 1.56 bits per heavy atom. The number of halogens is 3. The Balaban J connectivity index is 0.00000136. The van der Waals surface area contributed by atoms with Crippen LogP contribution in [0.25, 0.3) is 11.5 Å². The molecule has 0 unspecified atom stereocenters. The lowest BCUT2D eigenvalue weighted by Gasteiger charge is -2.33. The number of piperidine rings is 1. The van der Waals surface area contributed by atoms with Crippen LogP contribution in [-0.4, -0.2) is 56.1 Å². The number of likely N-dealkylation sites (tertiary alicyclic amines) is 1. The third-order valence-electron chi connectivity index (χ3n) is 6.57. The summed E-state index contributed by atoms with van der Waals surface area (Å²) in [5.41, 5.74) is 8.24. The molecular formula is C23H35Cl3N8. The van der Waals surface area contributed by atoms with Crippen LogP contribution >= 0.6 is 37.2 Å². The molecule has 5 rings (SSSR count). The van der Waals surface area contributed by atoms with Crippen LogP contribution < -0.4 is 16.4 Å². The summed E-state index contributed by atoms with van der Waals surface area (Å²) in [6.45, 7) is 3.19. The predicted molar refractivity (Wildman–Crippen MR) is 145 cm³/mol. The van der Waals surface area contributed by atoms with Crippen LogP contribution in [0, 0.1) is 0 Å². The zero-order valence-electron chi connectivity index (χ0n) is 19.2. The Hall–Kier alpha value is -1.84. The summed E-state index contributed by atoms with van der Waals surface area (Å²) in [5, 5.41) is 7.25. The molecule has 1 saturated heterocycles. The third kappa shape index (κ3) is 7.09. The van der Waals surface area contributed by atoms with Crippen molar-refractivity contribution in [1.29, 1.82) is 0 Å². The molecule has 0 amide bonds. The number of hydrogen-bond acceptors (Lipinski definition) is 7. The first-order chi connectivity index (χ1) is 15.2.